The Labute approximate surface area is 203 Å². The summed E-state index contributed by atoms with van der Waals surface area (Å²) in [6.45, 7) is 2.70. The van der Waals surface area contributed by atoms with Gasteiger partial charge in [0.25, 0.3) is 11.8 Å². The van der Waals surface area contributed by atoms with E-state index in [1.54, 1.807) is 18.2 Å². The molecule has 1 aliphatic heterocycles. The maximum atomic E-state index is 13.1. The molecule has 0 spiro atoms. The van der Waals surface area contributed by atoms with E-state index in [4.69, 9.17) is 9.47 Å². The Hall–Kier alpha value is -4.14. The van der Waals surface area contributed by atoms with Crippen molar-refractivity contribution in [1.29, 1.82) is 0 Å². The fourth-order valence-electron chi connectivity index (χ4n) is 3.53. The van der Waals surface area contributed by atoms with E-state index in [0.717, 1.165) is 30.6 Å². The van der Waals surface area contributed by atoms with Crippen molar-refractivity contribution in [3.63, 3.8) is 0 Å². The number of benzene rings is 2. The first-order valence-electron chi connectivity index (χ1n) is 11.3. The van der Waals surface area contributed by atoms with Crippen LogP contribution in [-0.2, 0) is 14.3 Å². The second kappa shape index (κ2) is 11.8. The summed E-state index contributed by atoms with van der Waals surface area (Å²) in [6.07, 6.45) is 5.69. The van der Waals surface area contributed by atoms with E-state index >= 15 is 0 Å². The van der Waals surface area contributed by atoms with Crippen molar-refractivity contribution in [2.45, 2.75) is 32.6 Å². The molecule has 1 heterocycles. The Balaban J connectivity index is 1.82. The summed E-state index contributed by atoms with van der Waals surface area (Å²) in [6, 6.07) is 9.88. The van der Waals surface area contributed by atoms with Crippen LogP contribution in [0.2, 0.25) is 0 Å². The number of urea groups is 1. The van der Waals surface area contributed by atoms with Crippen molar-refractivity contribution in [1.82, 2.24) is 5.32 Å². The molecule has 1 fully saturated rings. The minimum Gasteiger partial charge on any atom is -0.493 e. The number of hydrogen-bond donors (Lipinski definition) is 1. The van der Waals surface area contributed by atoms with Gasteiger partial charge in [-0.25, -0.2) is 14.5 Å². The Kier molecular flexibility index (Phi) is 8.61. The molecule has 2 aromatic rings. The highest BCUT2D eigenvalue weighted by atomic mass is 16.5. The molecular weight excluding hydrogens is 452 g/mol. The second-order valence-electron chi connectivity index (χ2n) is 7.82. The van der Waals surface area contributed by atoms with E-state index in [1.807, 2.05) is 0 Å². The molecule has 1 saturated heterocycles. The normalized spacial score (nSPS) is 14.7. The largest absolute Gasteiger partial charge is 0.493 e. The highest BCUT2D eigenvalue weighted by Gasteiger charge is 2.36. The van der Waals surface area contributed by atoms with E-state index < -0.39 is 23.8 Å². The van der Waals surface area contributed by atoms with E-state index in [9.17, 15) is 19.2 Å². The van der Waals surface area contributed by atoms with Crippen LogP contribution < -0.4 is 19.7 Å². The summed E-state index contributed by atoms with van der Waals surface area (Å²) in [7, 11) is 2.76. The predicted octanol–water partition coefficient (Wildman–Crippen LogP) is 4.11. The third-order valence-corrected chi connectivity index (χ3v) is 5.40. The van der Waals surface area contributed by atoms with Crippen LogP contribution in [0.1, 0.15) is 48.5 Å². The van der Waals surface area contributed by atoms with Gasteiger partial charge in [0.2, 0.25) is 0 Å². The standard InChI is InChI=1S/C26H28N2O7/c1-4-5-6-7-14-35-21-13-8-17(16-22(21)33-2)15-20-23(29)27-26(32)28(24(20)30)19-11-9-18(10-12-19)25(31)34-3/h8-13,15-16H,4-7,14H2,1-3H3,(H,27,29,32)/b20-15-. The summed E-state index contributed by atoms with van der Waals surface area (Å²) in [5.74, 6) is -1.13. The number of carbonyl (C=O) groups excluding carboxylic acids is 4. The van der Waals surface area contributed by atoms with Crippen molar-refractivity contribution in [2.24, 2.45) is 0 Å². The monoisotopic (exact) mass is 480 g/mol. The molecule has 9 heteroatoms. The number of esters is 1. The number of amides is 4. The number of unbranched alkanes of at least 4 members (excludes halogenated alkanes) is 3. The molecule has 0 bridgehead atoms. The zero-order valence-corrected chi connectivity index (χ0v) is 20.0. The highest BCUT2D eigenvalue weighted by molar-refractivity contribution is 6.39. The first-order valence-corrected chi connectivity index (χ1v) is 11.3. The molecule has 4 amide bonds. The lowest BCUT2D eigenvalue weighted by atomic mass is 10.1. The molecule has 0 saturated carbocycles. The molecule has 1 aliphatic rings. The molecule has 3 rings (SSSR count). The summed E-state index contributed by atoms with van der Waals surface area (Å²) >= 11 is 0. The van der Waals surface area contributed by atoms with E-state index in [1.165, 1.54) is 44.6 Å². The average molecular weight is 481 g/mol. The Morgan fingerprint density at radius 1 is 0.971 bits per heavy atom. The van der Waals surface area contributed by atoms with Crippen molar-refractivity contribution in [3.05, 3.63) is 59.2 Å². The van der Waals surface area contributed by atoms with Crippen LogP contribution in [0.25, 0.3) is 6.08 Å². The highest BCUT2D eigenvalue weighted by Crippen LogP contribution is 2.30. The SMILES string of the molecule is CCCCCCOc1ccc(/C=C2/C(=O)NC(=O)N(c3ccc(C(=O)OC)cc3)C2=O)cc1OC. The summed E-state index contributed by atoms with van der Waals surface area (Å²) in [5.41, 5.74) is 0.752. The molecule has 1 N–H and O–H groups in total. The lowest BCUT2D eigenvalue weighted by molar-refractivity contribution is -0.122. The molecule has 0 aromatic heterocycles. The van der Waals surface area contributed by atoms with E-state index in [2.05, 4.69) is 17.0 Å². The van der Waals surface area contributed by atoms with Crippen LogP contribution in [0.4, 0.5) is 10.5 Å². The fraction of sp³-hybridized carbons (Fsp3) is 0.308. The summed E-state index contributed by atoms with van der Waals surface area (Å²) < 4.78 is 15.9. The number of rotatable bonds is 10. The van der Waals surface area contributed by atoms with Crippen LogP contribution in [0, 0.1) is 0 Å². The first kappa shape index (κ1) is 25.5. The van der Waals surface area contributed by atoms with Crippen LogP contribution in [-0.4, -0.2) is 44.6 Å². The van der Waals surface area contributed by atoms with Gasteiger partial charge >= 0.3 is 12.0 Å². The number of barbiturate groups is 1. The summed E-state index contributed by atoms with van der Waals surface area (Å²) in [5, 5.41) is 2.17. The van der Waals surface area contributed by atoms with Crippen molar-refractivity contribution in [2.75, 3.05) is 25.7 Å². The molecule has 0 radical (unpaired) electrons. The second-order valence-corrected chi connectivity index (χ2v) is 7.82. The Morgan fingerprint density at radius 2 is 1.71 bits per heavy atom. The van der Waals surface area contributed by atoms with Gasteiger partial charge in [0.05, 0.1) is 32.1 Å². The fourth-order valence-corrected chi connectivity index (χ4v) is 3.53. The van der Waals surface area contributed by atoms with Gasteiger partial charge in [-0.1, -0.05) is 32.3 Å². The van der Waals surface area contributed by atoms with Gasteiger partial charge in [0.15, 0.2) is 11.5 Å². The first-order chi connectivity index (χ1) is 16.9. The third kappa shape index (κ3) is 6.06. The number of ether oxygens (including phenoxy) is 3. The minimum absolute atomic E-state index is 0.197. The van der Waals surface area contributed by atoms with Gasteiger partial charge in [0.1, 0.15) is 5.57 Å². The quantitative estimate of drug-likeness (QED) is 0.236. The molecule has 0 atom stereocenters. The average Bonchev–Trinajstić information content (AvgIpc) is 2.86. The van der Waals surface area contributed by atoms with Crippen molar-refractivity contribution in [3.8, 4) is 11.5 Å². The smallest absolute Gasteiger partial charge is 0.337 e. The molecule has 2 aromatic carbocycles. The number of methoxy groups -OCH3 is 2. The summed E-state index contributed by atoms with van der Waals surface area (Å²) in [4.78, 5) is 50.5. The maximum Gasteiger partial charge on any atom is 0.337 e. The lowest BCUT2D eigenvalue weighted by Gasteiger charge is -2.26. The number of carbonyl (C=O) groups is 4. The molecule has 184 valence electrons. The molecular formula is C26H28N2O7. The van der Waals surface area contributed by atoms with Crippen LogP contribution >= 0.6 is 0 Å². The molecule has 0 unspecified atom stereocenters. The van der Waals surface area contributed by atoms with Gasteiger partial charge < -0.3 is 14.2 Å². The number of anilines is 1. The minimum atomic E-state index is -0.882. The molecule has 9 nitrogen and oxygen atoms in total. The topological polar surface area (TPSA) is 111 Å². The van der Waals surface area contributed by atoms with Crippen molar-refractivity contribution < 1.29 is 33.4 Å². The zero-order valence-electron chi connectivity index (χ0n) is 20.0. The molecule has 35 heavy (non-hydrogen) atoms. The van der Waals surface area contributed by atoms with Gasteiger partial charge in [-0.15, -0.1) is 0 Å². The zero-order chi connectivity index (χ0) is 25.4. The van der Waals surface area contributed by atoms with Gasteiger partial charge in [0, 0.05) is 0 Å². The van der Waals surface area contributed by atoms with E-state index in [0.29, 0.717) is 23.7 Å². The van der Waals surface area contributed by atoms with Gasteiger partial charge in [-0.3, -0.25) is 14.9 Å². The number of hydrogen-bond acceptors (Lipinski definition) is 7. The number of nitrogens with zero attached hydrogens (tertiary/aromatic N) is 1. The van der Waals surface area contributed by atoms with Crippen LogP contribution in [0.15, 0.2) is 48.0 Å². The third-order valence-electron chi connectivity index (χ3n) is 5.40. The van der Waals surface area contributed by atoms with Gasteiger partial charge in [-0.05, 0) is 54.5 Å². The van der Waals surface area contributed by atoms with Crippen LogP contribution in [0.5, 0.6) is 11.5 Å². The Morgan fingerprint density at radius 3 is 2.37 bits per heavy atom. The lowest BCUT2D eigenvalue weighted by Crippen LogP contribution is -2.54. The van der Waals surface area contributed by atoms with Crippen molar-refractivity contribution >= 4 is 35.6 Å². The number of nitrogens with one attached hydrogen (secondary N) is 1. The molecule has 0 aliphatic carbocycles. The van der Waals surface area contributed by atoms with E-state index in [-0.39, 0.29) is 16.8 Å². The van der Waals surface area contributed by atoms with Gasteiger partial charge in [-0.2, -0.15) is 0 Å². The maximum absolute atomic E-state index is 13.1. The number of imide groups is 2. The van der Waals surface area contributed by atoms with Crippen LogP contribution in [0.3, 0.4) is 0 Å². The Bertz CT molecular complexity index is 1140. The predicted molar refractivity (Wildman–Crippen MR) is 129 cm³/mol.